The Hall–Kier alpha value is -3.98. The van der Waals surface area contributed by atoms with Crippen LogP contribution >= 0.6 is 11.3 Å². The van der Waals surface area contributed by atoms with E-state index in [-0.39, 0.29) is 0 Å². The van der Waals surface area contributed by atoms with Gasteiger partial charge in [-0.05, 0) is 43.3 Å². The van der Waals surface area contributed by atoms with Gasteiger partial charge in [-0.1, -0.05) is 12.1 Å². The zero-order valence-corrected chi connectivity index (χ0v) is 18.2. The molecule has 0 radical (unpaired) electrons. The van der Waals surface area contributed by atoms with E-state index in [4.69, 9.17) is 9.47 Å². The molecular formula is C23H20N4O4S. The van der Waals surface area contributed by atoms with Crippen molar-refractivity contribution in [3.63, 3.8) is 0 Å². The van der Waals surface area contributed by atoms with Gasteiger partial charge in [-0.25, -0.2) is 14.8 Å². The molecule has 0 saturated heterocycles. The largest absolute Gasteiger partial charge is 0.497 e. The minimum atomic E-state index is -0.986. The van der Waals surface area contributed by atoms with Crippen LogP contribution < -0.4 is 10.1 Å². The lowest BCUT2D eigenvalue weighted by Crippen LogP contribution is -2.29. The Kier molecular flexibility index (Phi) is 6.27. The Balaban J connectivity index is 1.34. The number of rotatable bonds is 7. The molecule has 32 heavy (non-hydrogen) atoms. The molecule has 9 heteroatoms. The van der Waals surface area contributed by atoms with Crippen molar-refractivity contribution in [3.8, 4) is 28.4 Å². The Morgan fingerprint density at radius 2 is 1.78 bits per heavy atom. The molecular weight excluding hydrogens is 428 g/mol. The van der Waals surface area contributed by atoms with E-state index in [0.29, 0.717) is 16.5 Å². The quantitative estimate of drug-likeness (QED) is 0.406. The van der Waals surface area contributed by atoms with Gasteiger partial charge in [-0.3, -0.25) is 10.1 Å². The Morgan fingerprint density at radius 3 is 2.44 bits per heavy atom. The van der Waals surface area contributed by atoms with Gasteiger partial charge in [0.25, 0.3) is 5.91 Å². The second-order valence-corrected chi connectivity index (χ2v) is 7.68. The number of nitrogens with one attached hydrogen (secondary N) is 2. The minimum Gasteiger partial charge on any atom is -0.497 e. The molecule has 0 spiro atoms. The number of nitrogens with zero attached hydrogens (tertiary/aromatic N) is 2. The Morgan fingerprint density at radius 1 is 1.06 bits per heavy atom. The van der Waals surface area contributed by atoms with Crippen molar-refractivity contribution in [2.24, 2.45) is 0 Å². The van der Waals surface area contributed by atoms with E-state index in [1.54, 1.807) is 43.8 Å². The lowest BCUT2D eigenvalue weighted by atomic mass is 10.1. The third kappa shape index (κ3) is 4.84. The summed E-state index contributed by atoms with van der Waals surface area (Å²) in [5.41, 5.74) is 2.82. The van der Waals surface area contributed by atoms with E-state index in [2.05, 4.69) is 20.3 Å². The first-order valence-electron chi connectivity index (χ1n) is 9.75. The van der Waals surface area contributed by atoms with Gasteiger partial charge in [0, 0.05) is 28.9 Å². The predicted octanol–water partition coefficient (Wildman–Crippen LogP) is 4.39. The van der Waals surface area contributed by atoms with Gasteiger partial charge in [0.15, 0.2) is 11.2 Å². The number of ether oxygens (including phenoxy) is 2. The highest BCUT2D eigenvalue weighted by molar-refractivity contribution is 7.14. The van der Waals surface area contributed by atoms with Crippen LogP contribution in [-0.4, -0.2) is 40.0 Å². The molecule has 2 aromatic heterocycles. The summed E-state index contributed by atoms with van der Waals surface area (Å²) in [6, 6.07) is 14.2. The average Bonchev–Trinajstić information content (AvgIpc) is 3.52. The van der Waals surface area contributed by atoms with Crippen molar-refractivity contribution in [2.45, 2.75) is 13.0 Å². The SMILES string of the molecule is COc1ccc(-c2csc(NC(=O)C(C)OC(=O)c3ccc(-c4ncc[nH]4)cc3)n2)cc1. The third-order valence-electron chi connectivity index (χ3n) is 4.67. The number of carbonyl (C=O) groups excluding carboxylic acids is 2. The number of esters is 1. The van der Waals surface area contributed by atoms with Crippen molar-refractivity contribution >= 4 is 28.3 Å². The van der Waals surface area contributed by atoms with E-state index in [0.717, 1.165) is 22.6 Å². The maximum absolute atomic E-state index is 12.5. The minimum absolute atomic E-state index is 0.344. The first-order chi connectivity index (χ1) is 15.5. The highest BCUT2D eigenvalue weighted by atomic mass is 32.1. The number of benzene rings is 2. The molecule has 0 saturated carbocycles. The van der Waals surface area contributed by atoms with Crippen LogP contribution in [0, 0.1) is 0 Å². The monoisotopic (exact) mass is 448 g/mol. The number of hydrogen-bond donors (Lipinski definition) is 2. The molecule has 8 nitrogen and oxygen atoms in total. The second kappa shape index (κ2) is 9.44. The van der Waals surface area contributed by atoms with Crippen LogP contribution in [0.3, 0.4) is 0 Å². The molecule has 4 rings (SSSR count). The number of hydrogen-bond acceptors (Lipinski definition) is 7. The van der Waals surface area contributed by atoms with Gasteiger partial charge in [0.05, 0.1) is 18.4 Å². The van der Waals surface area contributed by atoms with Gasteiger partial charge in [-0.2, -0.15) is 0 Å². The number of methoxy groups -OCH3 is 1. The summed E-state index contributed by atoms with van der Waals surface area (Å²) >= 11 is 1.29. The molecule has 0 fully saturated rings. The maximum Gasteiger partial charge on any atom is 0.338 e. The van der Waals surface area contributed by atoms with E-state index in [9.17, 15) is 9.59 Å². The first-order valence-corrected chi connectivity index (χ1v) is 10.6. The fourth-order valence-electron chi connectivity index (χ4n) is 2.90. The van der Waals surface area contributed by atoms with Gasteiger partial charge < -0.3 is 14.5 Å². The zero-order chi connectivity index (χ0) is 22.5. The number of carbonyl (C=O) groups is 2. The van der Waals surface area contributed by atoms with E-state index < -0.39 is 18.0 Å². The third-order valence-corrected chi connectivity index (χ3v) is 5.42. The Labute approximate surface area is 188 Å². The highest BCUT2D eigenvalue weighted by Crippen LogP contribution is 2.26. The number of amides is 1. The van der Waals surface area contributed by atoms with Crippen LogP contribution in [0.25, 0.3) is 22.6 Å². The Bertz CT molecular complexity index is 1200. The highest BCUT2D eigenvalue weighted by Gasteiger charge is 2.20. The van der Waals surface area contributed by atoms with Crippen LogP contribution in [0.2, 0.25) is 0 Å². The number of aromatic amines is 1. The average molecular weight is 449 g/mol. The molecule has 1 atom stereocenters. The van der Waals surface area contributed by atoms with Crippen LogP contribution in [-0.2, 0) is 9.53 Å². The van der Waals surface area contributed by atoms with Crippen LogP contribution in [0.5, 0.6) is 5.75 Å². The molecule has 1 unspecified atom stereocenters. The summed E-state index contributed by atoms with van der Waals surface area (Å²) in [5.74, 6) is 0.414. The molecule has 162 valence electrons. The van der Waals surface area contributed by atoms with Crippen molar-refractivity contribution < 1.29 is 19.1 Å². The van der Waals surface area contributed by atoms with Crippen LogP contribution in [0.4, 0.5) is 5.13 Å². The summed E-state index contributed by atoms with van der Waals surface area (Å²) < 4.78 is 10.5. The summed E-state index contributed by atoms with van der Waals surface area (Å²) in [6.07, 6.45) is 2.39. The van der Waals surface area contributed by atoms with Crippen molar-refractivity contribution in [3.05, 3.63) is 71.9 Å². The van der Waals surface area contributed by atoms with Gasteiger partial charge in [-0.15, -0.1) is 11.3 Å². The van der Waals surface area contributed by atoms with Crippen molar-refractivity contribution in [1.82, 2.24) is 15.0 Å². The second-order valence-electron chi connectivity index (χ2n) is 6.82. The lowest BCUT2D eigenvalue weighted by Gasteiger charge is -2.12. The molecule has 2 N–H and O–H groups in total. The molecule has 1 amide bonds. The smallest absolute Gasteiger partial charge is 0.338 e. The summed E-state index contributed by atoms with van der Waals surface area (Å²) in [7, 11) is 1.61. The number of anilines is 1. The first kappa shape index (κ1) is 21.3. The normalized spacial score (nSPS) is 11.6. The molecule has 2 aromatic carbocycles. The van der Waals surface area contributed by atoms with Crippen LogP contribution in [0.15, 0.2) is 66.3 Å². The molecule has 0 bridgehead atoms. The molecule has 0 aliphatic carbocycles. The predicted molar refractivity (Wildman–Crippen MR) is 122 cm³/mol. The number of H-pyrrole nitrogens is 1. The standard InChI is InChI=1S/C23H20N4O4S/c1-14(31-22(29)17-5-3-16(4-6-17)20-24-11-12-25-20)21(28)27-23-26-19(13-32-23)15-7-9-18(30-2)10-8-15/h3-14H,1-2H3,(H,24,25)(H,26,27,28). The van der Waals surface area contributed by atoms with E-state index in [1.165, 1.54) is 18.3 Å². The number of thiazole rings is 1. The summed E-state index contributed by atoms with van der Waals surface area (Å²) in [4.78, 5) is 36.5. The molecule has 0 aliphatic heterocycles. The molecule has 2 heterocycles. The van der Waals surface area contributed by atoms with E-state index >= 15 is 0 Å². The van der Waals surface area contributed by atoms with E-state index in [1.807, 2.05) is 29.6 Å². The molecule has 4 aromatic rings. The van der Waals surface area contributed by atoms with Crippen molar-refractivity contribution in [2.75, 3.05) is 12.4 Å². The lowest BCUT2D eigenvalue weighted by molar-refractivity contribution is -0.123. The van der Waals surface area contributed by atoms with Crippen LogP contribution in [0.1, 0.15) is 17.3 Å². The topological polar surface area (TPSA) is 106 Å². The van der Waals surface area contributed by atoms with Crippen molar-refractivity contribution in [1.29, 1.82) is 0 Å². The number of imidazole rings is 1. The van der Waals surface area contributed by atoms with Gasteiger partial charge in [0.1, 0.15) is 11.6 Å². The zero-order valence-electron chi connectivity index (χ0n) is 17.4. The fourth-order valence-corrected chi connectivity index (χ4v) is 3.62. The van der Waals surface area contributed by atoms with Gasteiger partial charge >= 0.3 is 5.97 Å². The maximum atomic E-state index is 12.5. The molecule has 0 aliphatic rings. The van der Waals surface area contributed by atoms with Gasteiger partial charge in [0.2, 0.25) is 0 Å². The summed E-state index contributed by atoms with van der Waals surface area (Å²) in [6.45, 7) is 1.52. The summed E-state index contributed by atoms with van der Waals surface area (Å²) in [5, 5.41) is 4.96. The fraction of sp³-hybridized carbons (Fsp3) is 0.130. The number of aromatic nitrogens is 3.